The highest BCUT2D eigenvalue weighted by Crippen LogP contribution is 2.46. The van der Waals surface area contributed by atoms with Crippen molar-refractivity contribution in [2.75, 3.05) is 4.90 Å². The number of nitrogens with zero attached hydrogens (tertiary/aromatic N) is 2. The zero-order valence-electron chi connectivity index (χ0n) is 34.1. The summed E-state index contributed by atoms with van der Waals surface area (Å²) >= 11 is 0. The average Bonchev–Trinajstić information content (AvgIpc) is 3.70. The lowest BCUT2D eigenvalue weighted by Gasteiger charge is -2.26. The first-order valence-corrected chi connectivity index (χ1v) is 21.3. The maximum absolute atomic E-state index is 2.39. The van der Waals surface area contributed by atoms with Crippen LogP contribution in [-0.4, -0.2) is 4.57 Å². The second-order valence-corrected chi connectivity index (χ2v) is 15.7. The maximum atomic E-state index is 2.39. The van der Waals surface area contributed by atoms with E-state index in [-0.39, 0.29) is 0 Å². The molecule has 0 saturated heterocycles. The summed E-state index contributed by atoms with van der Waals surface area (Å²) in [7, 11) is 0. The fourth-order valence-corrected chi connectivity index (χ4v) is 9.25. The Labute approximate surface area is 362 Å². The highest BCUT2D eigenvalue weighted by atomic mass is 15.1. The van der Waals surface area contributed by atoms with Gasteiger partial charge >= 0.3 is 0 Å². The van der Waals surface area contributed by atoms with Crippen LogP contribution in [0.25, 0.3) is 83.1 Å². The molecule has 1 heterocycles. The van der Waals surface area contributed by atoms with E-state index in [2.05, 4.69) is 264 Å². The number of para-hydroxylation sites is 3. The number of benzene rings is 10. The zero-order chi connectivity index (χ0) is 41.2. The Kier molecular flexibility index (Phi) is 9.57. The lowest BCUT2D eigenvalue weighted by Crippen LogP contribution is -2.09. The molecule has 0 bridgehead atoms. The van der Waals surface area contributed by atoms with E-state index in [1.165, 1.54) is 71.9 Å². The summed E-state index contributed by atoms with van der Waals surface area (Å²) in [5.41, 5.74) is 18.8. The molecule has 292 valence electrons. The molecule has 0 radical (unpaired) electrons. The Bertz CT molecular complexity index is 3310. The Morgan fingerprint density at radius 2 is 0.726 bits per heavy atom. The average molecular weight is 791 g/mol. The molecule has 0 amide bonds. The Hall–Kier alpha value is -8.20. The van der Waals surface area contributed by atoms with Gasteiger partial charge in [0.1, 0.15) is 0 Å². The number of anilines is 3. The van der Waals surface area contributed by atoms with E-state index in [9.17, 15) is 0 Å². The predicted molar refractivity (Wildman–Crippen MR) is 263 cm³/mol. The second kappa shape index (κ2) is 16.1. The number of hydrogen-bond acceptors (Lipinski definition) is 1. The molecule has 0 saturated carbocycles. The predicted octanol–water partition coefficient (Wildman–Crippen LogP) is 16.6. The van der Waals surface area contributed by atoms with E-state index in [1.807, 2.05) is 0 Å². The van der Waals surface area contributed by atoms with Crippen LogP contribution in [0.4, 0.5) is 17.1 Å². The minimum atomic E-state index is 1.08. The molecule has 0 unspecified atom stereocenters. The van der Waals surface area contributed by atoms with E-state index in [1.54, 1.807) is 0 Å². The van der Waals surface area contributed by atoms with Gasteiger partial charge in [0.05, 0.1) is 11.0 Å². The SMILES string of the molecule is c1ccc(-c2ccccc2-c2c(-c3ccccc3)cccc2-c2ccc(N(c3ccccc3)c3cccc(-c4cccc5c4c4ccccc4n5-c4ccccc4)c3)cc2)cc1. The van der Waals surface area contributed by atoms with Crippen molar-refractivity contribution in [3.8, 4) is 61.3 Å². The number of hydrogen-bond donors (Lipinski definition) is 0. The molecule has 0 fully saturated rings. The normalized spacial score (nSPS) is 11.2. The van der Waals surface area contributed by atoms with Crippen LogP contribution < -0.4 is 4.90 Å². The lowest BCUT2D eigenvalue weighted by molar-refractivity contribution is 1.18. The first-order valence-electron chi connectivity index (χ1n) is 21.3. The topological polar surface area (TPSA) is 8.17 Å². The third-order valence-electron chi connectivity index (χ3n) is 12.0. The molecule has 1 aromatic heterocycles. The lowest BCUT2D eigenvalue weighted by atomic mass is 9.84. The summed E-state index contributed by atoms with van der Waals surface area (Å²) in [5, 5.41) is 2.49. The van der Waals surface area contributed by atoms with Crippen molar-refractivity contribution in [1.29, 1.82) is 0 Å². The molecular formula is C60H42N2. The van der Waals surface area contributed by atoms with Crippen molar-refractivity contribution in [2.24, 2.45) is 0 Å². The second-order valence-electron chi connectivity index (χ2n) is 15.7. The third kappa shape index (κ3) is 6.65. The van der Waals surface area contributed by atoms with Crippen LogP contribution in [0.15, 0.2) is 255 Å². The minimum absolute atomic E-state index is 1.08. The van der Waals surface area contributed by atoms with Gasteiger partial charge in [0.15, 0.2) is 0 Å². The molecule has 0 spiro atoms. The summed E-state index contributed by atoms with van der Waals surface area (Å²) in [6, 6.07) is 92.0. The Balaban J connectivity index is 1.04. The molecule has 0 aliphatic heterocycles. The van der Waals surface area contributed by atoms with Crippen LogP contribution in [0, 0.1) is 0 Å². The van der Waals surface area contributed by atoms with Crippen molar-refractivity contribution in [2.45, 2.75) is 0 Å². The van der Waals surface area contributed by atoms with Gasteiger partial charge in [-0.1, -0.05) is 194 Å². The summed E-state index contributed by atoms with van der Waals surface area (Å²) in [6.07, 6.45) is 0. The van der Waals surface area contributed by atoms with Gasteiger partial charge in [0.2, 0.25) is 0 Å². The molecule has 0 aliphatic carbocycles. The van der Waals surface area contributed by atoms with Gasteiger partial charge in [-0.3, -0.25) is 0 Å². The Morgan fingerprint density at radius 3 is 1.44 bits per heavy atom. The van der Waals surface area contributed by atoms with Crippen LogP contribution in [0.3, 0.4) is 0 Å². The summed E-state index contributed by atoms with van der Waals surface area (Å²) in [4.78, 5) is 2.37. The summed E-state index contributed by atoms with van der Waals surface area (Å²) in [6.45, 7) is 0. The molecule has 2 heteroatoms. The standard InChI is InChI=1S/C60H42N2/c1-5-20-43(21-6-1)51-30-13-14-31-55(51)59-52(44-22-7-2-8-23-44)33-18-34-53(59)45-38-40-49(41-39-45)61(47-25-9-3-10-26-47)50-29-17-24-46(42-50)54-35-19-37-58-60(54)56-32-15-16-36-57(56)62(58)48-27-11-4-12-28-48/h1-42H. The Morgan fingerprint density at radius 1 is 0.274 bits per heavy atom. The van der Waals surface area contributed by atoms with Gasteiger partial charge in [-0.2, -0.15) is 0 Å². The van der Waals surface area contributed by atoms with Gasteiger partial charge in [-0.25, -0.2) is 0 Å². The van der Waals surface area contributed by atoms with Crippen LogP contribution in [-0.2, 0) is 0 Å². The summed E-state index contributed by atoms with van der Waals surface area (Å²) in [5.74, 6) is 0. The first kappa shape index (κ1) is 36.8. The maximum Gasteiger partial charge on any atom is 0.0547 e. The zero-order valence-corrected chi connectivity index (χ0v) is 34.1. The van der Waals surface area contributed by atoms with E-state index < -0.39 is 0 Å². The van der Waals surface area contributed by atoms with E-state index in [0.717, 1.165) is 28.3 Å². The fourth-order valence-electron chi connectivity index (χ4n) is 9.25. The molecule has 0 N–H and O–H groups in total. The van der Waals surface area contributed by atoms with Crippen LogP contribution in [0.5, 0.6) is 0 Å². The largest absolute Gasteiger partial charge is 0.310 e. The molecule has 11 aromatic rings. The molecule has 10 aromatic carbocycles. The molecular weight excluding hydrogens is 749 g/mol. The van der Waals surface area contributed by atoms with E-state index >= 15 is 0 Å². The number of aromatic nitrogens is 1. The van der Waals surface area contributed by atoms with E-state index in [4.69, 9.17) is 0 Å². The van der Waals surface area contributed by atoms with Crippen molar-refractivity contribution in [3.63, 3.8) is 0 Å². The monoisotopic (exact) mass is 790 g/mol. The van der Waals surface area contributed by atoms with Crippen molar-refractivity contribution >= 4 is 38.9 Å². The molecule has 0 aliphatic rings. The van der Waals surface area contributed by atoms with Crippen LogP contribution in [0.2, 0.25) is 0 Å². The van der Waals surface area contributed by atoms with Gasteiger partial charge < -0.3 is 9.47 Å². The summed E-state index contributed by atoms with van der Waals surface area (Å²) < 4.78 is 2.39. The van der Waals surface area contributed by atoms with Gasteiger partial charge in [0.25, 0.3) is 0 Å². The smallest absolute Gasteiger partial charge is 0.0547 e. The van der Waals surface area contributed by atoms with Crippen LogP contribution >= 0.6 is 0 Å². The highest BCUT2D eigenvalue weighted by Gasteiger charge is 2.20. The van der Waals surface area contributed by atoms with Crippen molar-refractivity contribution in [1.82, 2.24) is 4.57 Å². The molecule has 2 nitrogen and oxygen atoms in total. The third-order valence-corrected chi connectivity index (χ3v) is 12.0. The van der Waals surface area contributed by atoms with Crippen molar-refractivity contribution in [3.05, 3.63) is 255 Å². The molecule has 0 atom stereocenters. The van der Waals surface area contributed by atoms with Gasteiger partial charge in [-0.15, -0.1) is 0 Å². The molecule has 11 rings (SSSR count). The highest BCUT2D eigenvalue weighted by molar-refractivity contribution is 6.16. The quantitative estimate of drug-likeness (QED) is 0.141. The van der Waals surface area contributed by atoms with E-state index in [0.29, 0.717) is 0 Å². The fraction of sp³-hybridized carbons (Fsp3) is 0. The van der Waals surface area contributed by atoms with Gasteiger partial charge in [0, 0.05) is 33.5 Å². The van der Waals surface area contributed by atoms with Crippen LogP contribution in [0.1, 0.15) is 0 Å². The van der Waals surface area contributed by atoms with Gasteiger partial charge in [-0.05, 0) is 116 Å². The first-order chi connectivity index (χ1) is 30.8. The number of fused-ring (bicyclic) bond motifs is 3. The molecule has 62 heavy (non-hydrogen) atoms. The van der Waals surface area contributed by atoms with Crippen molar-refractivity contribution < 1.29 is 0 Å². The number of rotatable bonds is 9. The minimum Gasteiger partial charge on any atom is -0.310 e.